The second-order valence-corrected chi connectivity index (χ2v) is 8.45. The molecule has 0 bridgehead atoms. The van der Waals surface area contributed by atoms with Crippen LogP contribution in [-0.4, -0.2) is 17.6 Å². The van der Waals surface area contributed by atoms with Gasteiger partial charge in [-0.15, -0.1) is 0 Å². The van der Waals surface area contributed by atoms with Gasteiger partial charge in [0, 0.05) is 14.1 Å². The third-order valence-corrected chi connectivity index (χ3v) is 6.01. The summed E-state index contributed by atoms with van der Waals surface area (Å²) in [6.45, 7) is 5.62. The largest absolute Gasteiger partial charge is 0.330 e. The predicted molar refractivity (Wildman–Crippen MR) is 106 cm³/mol. The van der Waals surface area contributed by atoms with Crippen LogP contribution >= 0.6 is 0 Å². The summed E-state index contributed by atoms with van der Waals surface area (Å²) in [7, 11) is -1.000. The van der Waals surface area contributed by atoms with E-state index < -0.39 is 21.3 Å². The molecule has 0 saturated heterocycles. The van der Waals surface area contributed by atoms with Crippen LogP contribution in [-0.2, 0) is 24.1 Å². The minimum atomic E-state index is -3.90. The summed E-state index contributed by atoms with van der Waals surface area (Å²) in [6, 6.07) is 7.97. The second-order valence-electron chi connectivity index (χ2n) is 6.76. The normalized spacial score (nSPS) is 11.7. The molecule has 8 heteroatoms. The number of nitrogens with zero attached hydrogens (tertiary/aromatic N) is 2. The number of aryl methyl sites for hydroxylation is 4. The van der Waals surface area contributed by atoms with Gasteiger partial charge in [0.05, 0.1) is 21.5 Å². The van der Waals surface area contributed by atoms with Gasteiger partial charge >= 0.3 is 5.69 Å². The molecule has 0 spiro atoms. The Kier molecular flexibility index (Phi) is 4.47. The van der Waals surface area contributed by atoms with Gasteiger partial charge in [0.2, 0.25) is 0 Å². The Bertz CT molecular complexity index is 1280. The average molecular weight is 387 g/mol. The van der Waals surface area contributed by atoms with E-state index in [0.29, 0.717) is 11.2 Å². The highest BCUT2D eigenvalue weighted by atomic mass is 32.2. The first kappa shape index (κ1) is 18.9. The van der Waals surface area contributed by atoms with Crippen molar-refractivity contribution in [3.05, 3.63) is 67.9 Å². The van der Waals surface area contributed by atoms with Crippen LogP contribution in [0.2, 0.25) is 0 Å². The molecule has 1 N–H and O–H groups in total. The van der Waals surface area contributed by atoms with Crippen molar-refractivity contribution < 1.29 is 8.42 Å². The van der Waals surface area contributed by atoms with Crippen molar-refractivity contribution in [2.24, 2.45) is 14.1 Å². The number of benzene rings is 2. The van der Waals surface area contributed by atoms with Crippen LogP contribution < -0.4 is 16.0 Å². The quantitative estimate of drug-likeness (QED) is 0.744. The molecular formula is C19H21N3O4S. The number of rotatable bonds is 3. The molecule has 3 rings (SSSR count). The SMILES string of the molecule is Cc1cc(C)c(NS(=O)(=O)c2ccc3c(c2)c(=O)n(C)c(=O)n3C)c(C)c1. The maximum Gasteiger partial charge on any atom is 0.330 e. The monoisotopic (exact) mass is 387 g/mol. The highest BCUT2D eigenvalue weighted by molar-refractivity contribution is 7.92. The molecule has 2 aromatic carbocycles. The van der Waals surface area contributed by atoms with Crippen LogP contribution in [0.15, 0.2) is 44.8 Å². The molecule has 1 aromatic heterocycles. The highest BCUT2D eigenvalue weighted by Gasteiger charge is 2.19. The minimum Gasteiger partial charge on any atom is -0.296 e. The first-order valence-electron chi connectivity index (χ1n) is 8.33. The van der Waals surface area contributed by atoms with E-state index in [0.717, 1.165) is 21.3 Å². The summed E-state index contributed by atoms with van der Waals surface area (Å²) in [4.78, 5) is 24.4. The molecule has 0 amide bonds. The lowest BCUT2D eigenvalue weighted by atomic mass is 10.1. The van der Waals surface area contributed by atoms with E-state index in [4.69, 9.17) is 0 Å². The fourth-order valence-corrected chi connectivity index (χ4v) is 4.50. The Morgan fingerprint density at radius 1 is 0.889 bits per heavy atom. The molecule has 0 unspecified atom stereocenters. The number of fused-ring (bicyclic) bond motifs is 1. The Morgan fingerprint density at radius 3 is 2.07 bits per heavy atom. The summed E-state index contributed by atoms with van der Waals surface area (Å²) in [5, 5.41) is 0.167. The van der Waals surface area contributed by atoms with Gasteiger partial charge in [0.1, 0.15) is 0 Å². The van der Waals surface area contributed by atoms with E-state index in [2.05, 4.69) is 4.72 Å². The van der Waals surface area contributed by atoms with Crippen molar-refractivity contribution in [2.75, 3.05) is 4.72 Å². The Morgan fingerprint density at radius 2 is 1.48 bits per heavy atom. The average Bonchev–Trinajstić information content (AvgIpc) is 2.60. The highest BCUT2D eigenvalue weighted by Crippen LogP contribution is 2.25. The Hall–Kier alpha value is -2.87. The lowest BCUT2D eigenvalue weighted by molar-refractivity contribution is 0.601. The maximum atomic E-state index is 12.9. The number of anilines is 1. The molecule has 7 nitrogen and oxygen atoms in total. The smallest absolute Gasteiger partial charge is 0.296 e. The van der Waals surface area contributed by atoms with Crippen molar-refractivity contribution in [1.82, 2.24) is 9.13 Å². The molecule has 0 aliphatic rings. The molecule has 0 saturated carbocycles. The molecule has 0 atom stereocenters. The van der Waals surface area contributed by atoms with E-state index >= 15 is 0 Å². The predicted octanol–water partition coefficient (Wildman–Crippen LogP) is 1.96. The molecular weight excluding hydrogens is 366 g/mol. The molecule has 3 aromatic rings. The first-order valence-corrected chi connectivity index (χ1v) is 9.81. The lowest BCUT2D eigenvalue weighted by Gasteiger charge is -2.15. The second kappa shape index (κ2) is 6.38. The van der Waals surface area contributed by atoms with Crippen LogP contribution in [0.1, 0.15) is 16.7 Å². The fraction of sp³-hybridized carbons (Fsp3) is 0.263. The molecule has 27 heavy (non-hydrogen) atoms. The van der Waals surface area contributed by atoms with Gasteiger partial charge in [-0.05, 0) is 50.1 Å². The third-order valence-electron chi connectivity index (χ3n) is 4.66. The van der Waals surface area contributed by atoms with Crippen molar-refractivity contribution >= 4 is 26.6 Å². The van der Waals surface area contributed by atoms with Crippen molar-refractivity contribution in [1.29, 1.82) is 0 Å². The topological polar surface area (TPSA) is 90.2 Å². The van der Waals surface area contributed by atoms with E-state index in [9.17, 15) is 18.0 Å². The summed E-state index contributed by atoms with van der Waals surface area (Å²) in [5.41, 5.74) is 2.58. The number of hydrogen-bond acceptors (Lipinski definition) is 4. The van der Waals surface area contributed by atoms with Gasteiger partial charge in [-0.3, -0.25) is 18.7 Å². The summed E-state index contributed by atoms with van der Waals surface area (Å²) < 4.78 is 30.7. The number of hydrogen-bond donors (Lipinski definition) is 1. The van der Waals surface area contributed by atoms with Gasteiger partial charge in [-0.25, -0.2) is 13.2 Å². The lowest BCUT2D eigenvalue weighted by Crippen LogP contribution is -2.37. The van der Waals surface area contributed by atoms with Crippen LogP contribution in [0, 0.1) is 20.8 Å². The minimum absolute atomic E-state index is 0.0369. The van der Waals surface area contributed by atoms with Crippen LogP contribution in [0.3, 0.4) is 0 Å². The summed E-state index contributed by atoms with van der Waals surface area (Å²) in [6.07, 6.45) is 0. The van der Waals surface area contributed by atoms with Crippen LogP contribution in [0.5, 0.6) is 0 Å². The van der Waals surface area contributed by atoms with Crippen molar-refractivity contribution in [3.63, 3.8) is 0 Å². The standard InChI is InChI=1S/C19H21N3O4S/c1-11-8-12(2)17(13(3)9-11)20-27(25,26)14-6-7-16-15(10-14)18(23)22(5)19(24)21(16)4/h6-10,20H,1-5H3. The number of aromatic nitrogens is 2. The first-order chi connectivity index (χ1) is 12.5. The number of sulfonamides is 1. The van der Waals surface area contributed by atoms with E-state index in [-0.39, 0.29) is 10.3 Å². The Labute approximate surface area is 156 Å². The maximum absolute atomic E-state index is 12.9. The molecule has 0 aliphatic heterocycles. The summed E-state index contributed by atoms with van der Waals surface area (Å²) in [5.74, 6) is 0. The van der Waals surface area contributed by atoms with Gasteiger partial charge in [0.15, 0.2) is 0 Å². The Balaban J connectivity index is 2.18. The molecule has 1 heterocycles. The number of nitrogens with one attached hydrogen (secondary N) is 1. The molecule has 0 aliphatic carbocycles. The van der Waals surface area contributed by atoms with Gasteiger partial charge in [-0.1, -0.05) is 17.7 Å². The van der Waals surface area contributed by atoms with Crippen LogP contribution in [0.4, 0.5) is 5.69 Å². The zero-order valence-electron chi connectivity index (χ0n) is 15.8. The third kappa shape index (κ3) is 3.16. The summed E-state index contributed by atoms with van der Waals surface area (Å²) >= 11 is 0. The molecule has 0 radical (unpaired) electrons. The molecule has 0 fully saturated rings. The van der Waals surface area contributed by atoms with Gasteiger partial charge < -0.3 is 0 Å². The zero-order chi connectivity index (χ0) is 20.1. The zero-order valence-corrected chi connectivity index (χ0v) is 16.6. The van der Waals surface area contributed by atoms with Gasteiger partial charge in [-0.2, -0.15) is 0 Å². The molecule has 142 valence electrons. The van der Waals surface area contributed by atoms with E-state index in [1.807, 2.05) is 32.9 Å². The van der Waals surface area contributed by atoms with E-state index in [1.54, 1.807) is 0 Å². The van der Waals surface area contributed by atoms with Crippen LogP contribution in [0.25, 0.3) is 10.9 Å². The van der Waals surface area contributed by atoms with Gasteiger partial charge in [0.25, 0.3) is 15.6 Å². The van der Waals surface area contributed by atoms with E-state index in [1.165, 1.54) is 36.9 Å². The van der Waals surface area contributed by atoms with Crippen molar-refractivity contribution in [2.45, 2.75) is 25.7 Å². The fourth-order valence-electron chi connectivity index (χ4n) is 3.28. The van der Waals surface area contributed by atoms with Crippen molar-refractivity contribution in [3.8, 4) is 0 Å².